The Morgan fingerprint density at radius 1 is 1.61 bits per heavy atom. The molecule has 100 valence electrons. The van der Waals surface area contributed by atoms with Gasteiger partial charge in [0.25, 0.3) is 0 Å². The number of halogens is 2. The predicted octanol–water partition coefficient (Wildman–Crippen LogP) is 2.90. The van der Waals surface area contributed by atoms with Crippen molar-refractivity contribution in [3.63, 3.8) is 0 Å². The highest BCUT2D eigenvalue weighted by atomic mass is 35.5. The molecule has 0 aliphatic carbocycles. The smallest absolute Gasteiger partial charge is 0.321 e. The number of carboxylic acids is 1. The van der Waals surface area contributed by atoms with Gasteiger partial charge in [0.1, 0.15) is 11.9 Å². The quantitative estimate of drug-likeness (QED) is 0.875. The van der Waals surface area contributed by atoms with Gasteiger partial charge >= 0.3 is 5.97 Å². The molecule has 0 spiro atoms. The lowest BCUT2D eigenvalue weighted by Gasteiger charge is -2.28. The minimum Gasteiger partial charge on any atom is -0.480 e. The van der Waals surface area contributed by atoms with Crippen LogP contribution < -0.4 is 5.73 Å². The normalized spacial score (nSPS) is 13.4. The van der Waals surface area contributed by atoms with Crippen molar-refractivity contribution in [2.75, 3.05) is 0 Å². The number of nitrogens with two attached hydrogens (primary N) is 1. The number of hydrogen-bond donors (Lipinski definition) is 2. The standard InChI is InChI=1S/C12H15ClFNO2S/c1-12(2,10(15)11(16)17)18-6-7-5-8(14)3-4-9(7)13/h3-5,10H,6,15H2,1-2H3,(H,16,17)/t10-/m1/s1. The van der Waals surface area contributed by atoms with Crippen molar-refractivity contribution in [2.45, 2.75) is 30.4 Å². The molecule has 0 unspecified atom stereocenters. The summed E-state index contributed by atoms with van der Waals surface area (Å²) in [5.41, 5.74) is 6.23. The molecule has 6 heteroatoms. The van der Waals surface area contributed by atoms with Crippen LogP contribution >= 0.6 is 23.4 Å². The van der Waals surface area contributed by atoms with E-state index in [0.717, 1.165) is 0 Å². The van der Waals surface area contributed by atoms with Crippen LogP contribution in [0.2, 0.25) is 5.02 Å². The van der Waals surface area contributed by atoms with Gasteiger partial charge in [0.2, 0.25) is 0 Å². The highest BCUT2D eigenvalue weighted by Crippen LogP contribution is 2.32. The van der Waals surface area contributed by atoms with Gasteiger partial charge in [-0.3, -0.25) is 4.79 Å². The highest BCUT2D eigenvalue weighted by molar-refractivity contribution is 7.99. The van der Waals surface area contributed by atoms with Gasteiger partial charge in [-0.25, -0.2) is 4.39 Å². The predicted molar refractivity (Wildman–Crippen MR) is 72.4 cm³/mol. The van der Waals surface area contributed by atoms with Gasteiger partial charge < -0.3 is 10.8 Å². The second kappa shape index (κ2) is 5.91. The number of carboxylic acid groups (broad SMARTS) is 1. The average Bonchev–Trinajstić information content (AvgIpc) is 2.29. The van der Waals surface area contributed by atoms with Gasteiger partial charge in [0.15, 0.2) is 0 Å². The molecular weight excluding hydrogens is 277 g/mol. The summed E-state index contributed by atoms with van der Waals surface area (Å²) < 4.78 is 12.4. The molecule has 0 aromatic heterocycles. The Bertz CT molecular complexity index is 454. The van der Waals surface area contributed by atoms with Crippen LogP contribution in [0.1, 0.15) is 19.4 Å². The maximum Gasteiger partial charge on any atom is 0.321 e. The van der Waals surface area contributed by atoms with Crippen molar-refractivity contribution in [2.24, 2.45) is 5.73 Å². The van der Waals surface area contributed by atoms with E-state index < -0.39 is 16.8 Å². The summed E-state index contributed by atoms with van der Waals surface area (Å²) in [6.07, 6.45) is 0. The summed E-state index contributed by atoms with van der Waals surface area (Å²) in [6, 6.07) is 3.12. The van der Waals surface area contributed by atoms with Crippen LogP contribution in [-0.2, 0) is 10.5 Å². The largest absolute Gasteiger partial charge is 0.480 e. The molecule has 1 rings (SSSR count). The fraction of sp³-hybridized carbons (Fsp3) is 0.417. The third kappa shape index (κ3) is 3.86. The van der Waals surface area contributed by atoms with E-state index in [1.165, 1.54) is 30.0 Å². The molecule has 1 aromatic rings. The van der Waals surface area contributed by atoms with Crippen LogP contribution in [-0.4, -0.2) is 21.9 Å². The van der Waals surface area contributed by atoms with E-state index in [4.69, 9.17) is 22.4 Å². The molecule has 18 heavy (non-hydrogen) atoms. The SMILES string of the molecule is CC(C)(SCc1cc(F)ccc1Cl)[C@H](N)C(=O)O. The van der Waals surface area contributed by atoms with Crippen molar-refractivity contribution in [3.05, 3.63) is 34.6 Å². The first-order valence-electron chi connectivity index (χ1n) is 5.30. The summed E-state index contributed by atoms with van der Waals surface area (Å²) in [6.45, 7) is 3.48. The van der Waals surface area contributed by atoms with Crippen molar-refractivity contribution in [3.8, 4) is 0 Å². The third-order valence-electron chi connectivity index (χ3n) is 2.62. The lowest BCUT2D eigenvalue weighted by atomic mass is 10.1. The Labute approximate surface area is 115 Å². The molecule has 3 nitrogen and oxygen atoms in total. The van der Waals surface area contributed by atoms with Crippen LogP contribution in [0.25, 0.3) is 0 Å². The monoisotopic (exact) mass is 291 g/mol. The van der Waals surface area contributed by atoms with E-state index in [1.807, 2.05) is 0 Å². The second-order valence-electron chi connectivity index (χ2n) is 4.44. The number of benzene rings is 1. The van der Waals surface area contributed by atoms with Gasteiger partial charge in [-0.1, -0.05) is 11.6 Å². The van der Waals surface area contributed by atoms with Gasteiger partial charge in [0, 0.05) is 15.5 Å². The van der Waals surface area contributed by atoms with Crippen LogP contribution in [0.5, 0.6) is 0 Å². The van der Waals surface area contributed by atoms with Crippen LogP contribution in [0, 0.1) is 5.82 Å². The first kappa shape index (κ1) is 15.3. The van der Waals surface area contributed by atoms with Gasteiger partial charge in [-0.2, -0.15) is 0 Å². The fourth-order valence-corrected chi connectivity index (χ4v) is 2.62. The van der Waals surface area contributed by atoms with Crippen molar-refractivity contribution >= 4 is 29.3 Å². The summed E-state index contributed by atoms with van der Waals surface area (Å²) in [4.78, 5) is 10.9. The Morgan fingerprint density at radius 2 is 2.22 bits per heavy atom. The highest BCUT2D eigenvalue weighted by Gasteiger charge is 2.32. The Kier molecular flexibility index (Phi) is 5.01. The minimum absolute atomic E-state index is 0.365. The van der Waals surface area contributed by atoms with Crippen molar-refractivity contribution < 1.29 is 14.3 Å². The number of thioether (sulfide) groups is 1. The molecule has 0 aliphatic heterocycles. The van der Waals surface area contributed by atoms with Crippen LogP contribution in [0.15, 0.2) is 18.2 Å². The van der Waals surface area contributed by atoms with Crippen LogP contribution in [0.3, 0.4) is 0 Å². The molecule has 0 bridgehead atoms. The fourth-order valence-electron chi connectivity index (χ4n) is 1.30. The van der Waals surface area contributed by atoms with E-state index in [9.17, 15) is 9.18 Å². The lowest BCUT2D eigenvalue weighted by Crippen LogP contribution is -2.46. The molecule has 0 fully saturated rings. The molecule has 0 heterocycles. The van der Waals surface area contributed by atoms with E-state index in [2.05, 4.69) is 0 Å². The maximum atomic E-state index is 13.1. The Balaban J connectivity index is 2.75. The first-order valence-corrected chi connectivity index (χ1v) is 6.66. The summed E-state index contributed by atoms with van der Waals surface area (Å²) in [7, 11) is 0. The Hall–Kier alpha value is -0.780. The second-order valence-corrected chi connectivity index (χ2v) is 6.48. The van der Waals surface area contributed by atoms with Crippen LogP contribution in [0.4, 0.5) is 4.39 Å². The van der Waals surface area contributed by atoms with Crippen molar-refractivity contribution in [1.29, 1.82) is 0 Å². The summed E-state index contributed by atoms with van der Waals surface area (Å²) >= 11 is 7.27. The van der Waals surface area contributed by atoms with Gasteiger partial charge in [0.05, 0.1) is 0 Å². The topological polar surface area (TPSA) is 63.3 Å². The molecule has 0 radical (unpaired) electrons. The first-order chi connectivity index (χ1) is 8.24. The summed E-state index contributed by atoms with van der Waals surface area (Å²) in [5, 5.41) is 9.35. The van der Waals surface area contributed by atoms with Crippen molar-refractivity contribution in [1.82, 2.24) is 0 Å². The van der Waals surface area contributed by atoms with E-state index in [0.29, 0.717) is 16.3 Å². The Morgan fingerprint density at radius 3 is 2.78 bits per heavy atom. The molecule has 0 saturated heterocycles. The lowest BCUT2D eigenvalue weighted by molar-refractivity contribution is -0.139. The molecule has 0 aliphatic rings. The van der Waals surface area contributed by atoms with E-state index >= 15 is 0 Å². The van der Waals surface area contributed by atoms with E-state index in [1.54, 1.807) is 13.8 Å². The molecule has 3 N–H and O–H groups in total. The molecule has 0 saturated carbocycles. The number of carbonyl (C=O) groups is 1. The van der Waals surface area contributed by atoms with E-state index in [-0.39, 0.29) is 5.82 Å². The molecule has 1 aromatic carbocycles. The zero-order valence-electron chi connectivity index (χ0n) is 10.1. The molecule has 1 atom stereocenters. The number of rotatable bonds is 5. The van der Waals surface area contributed by atoms with Gasteiger partial charge in [-0.15, -0.1) is 11.8 Å². The zero-order chi connectivity index (χ0) is 13.9. The average molecular weight is 292 g/mol. The maximum absolute atomic E-state index is 13.1. The minimum atomic E-state index is -1.06. The third-order valence-corrected chi connectivity index (χ3v) is 4.44. The number of hydrogen-bond acceptors (Lipinski definition) is 3. The van der Waals surface area contributed by atoms with Gasteiger partial charge in [-0.05, 0) is 37.6 Å². The zero-order valence-corrected chi connectivity index (χ0v) is 11.7. The molecule has 0 amide bonds. The molecular formula is C12H15ClFNO2S. The summed E-state index contributed by atoms with van der Waals surface area (Å²) in [5.74, 6) is -1.02. The number of aliphatic carboxylic acids is 1.